The van der Waals surface area contributed by atoms with Crippen molar-refractivity contribution >= 4 is 17.7 Å². The predicted molar refractivity (Wildman–Crippen MR) is 71.2 cm³/mol. The third-order valence-electron chi connectivity index (χ3n) is 2.88. The molecule has 0 aromatic heterocycles. The van der Waals surface area contributed by atoms with E-state index < -0.39 is 11.5 Å². The molecule has 1 unspecified atom stereocenters. The molecule has 0 radical (unpaired) electrons. The van der Waals surface area contributed by atoms with Crippen LogP contribution in [0.2, 0.25) is 0 Å². The molecule has 0 aliphatic carbocycles. The van der Waals surface area contributed by atoms with E-state index in [-0.39, 0.29) is 0 Å². The zero-order chi connectivity index (χ0) is 12.4. The number of aliphatic carboxylic acids is 1. The SMILES string of the molecule is CCCCCSCCCC(C)(NC)C(=O)O. The van der Waals surface area contributed by atoms with Crippen LogP contribution in [0.3, 0.4) is 0 Å². The average Bonchev–Trinajstić information content (AvgIpc) is 2.27. The molecule has 0 fully saturated rings. The maximum absolute atomic E-state index is 11.0. The van der Waals surface area contributed by atoms with Gasteiger partial charge in [0.25, 0.3) is 0 Å². The fraction of sp³-hybridized carbons (Fsp3) is 0.917. The van der Waals surface area contributed by atoms with Crippen LogP contribution in [-0.4, -0.2) is 35.2 Å². The highest BCUT2D eigenvalue weighted by Gasteiger charge is 2.29. The monoisotopic (exact) mass is 247 g/mol. The van der Waals surface area contributed by atoms with Gasteiger partial charge in [-0.25, -0.2) is 0 Å². The molecule has 3 nitrogen and oxygen atoms in total. The van der Waals surface area contributed by atoms with E-state index in [4.69, 9.17) is 5.11 Å². The van der Waals surface area contributed by atoms with Crippen LogP contribution in [0.4, 0.5) is 0 Å². The van der Waals surface area contributed by atoms with Gasteiger partial charge in [-0.1, -0.05) is 19.8 Å². The second kappa shape index (κ2) is 8.88. The van der Waals surface area contributed by atoms with Crippen molar-refractivity contribution in [1.29, 1.82) is 0 Å². The summed E-state index contributed by atoms with van der Waals surface area (Å²) in [5, 5.41) is 11.9. The second-order valence-electron chi connectivity index (χ2n) is 4.31. The normalized spacial score (nSPS) is 14.7. The third-order valence-corrected chi connectivity index (χ3v) is 4.04. The van der Waals surface area contributed by atoms with E-state index in [1.807, 2.05) is 11.8 Å². The molecule has 0 amide bonds. The lowest BCUT2D eigenvalue weighted by molar-refractivity contribution is -0.144. The Morgan fingerprint density at radius 3 is 2.44 bits per heavy atom. The minimum atomic E-state index is -0.760. The number of carbonyl (C=O) groups is 1. The molecule has 4 heteroatoms. The number of likely N-dealkylation sites (N-methyl/N-ethyl adjacent to an activating group) is 1. The lowest BCUT2D eigenvalue weighted by Crippen LogP contribution is -2.47. The largest absolute Gasteiger partial charge is 0.480 e. The number of nitrogens with one attached hydrogen (secondary N) is 1. The fourth-order valence-electron chi connectivity index (χ4n) is 1.42. The summed E-state index contributed by atoms with van der Waals surface area (Å²) in [6.07, 6.45) is 5.50. The van der Waals surface area contributed by atoms with Gasteiger partial charge >= 0.3 is 5.97 Å². The number of rotatable bonds is 10. The minimum Gasteiger partial charge on any atom is -0.480 e. The molecule has 0 aromatic carbocycles. The number of carboxylic acids is 1. The summed E-state index contributed by atoms with van der Waals surface area (Å²) in [6, 6.07) is 0. The Morgan fingerprint density at radius 1 is 1.31 bits per heavy atom. The number of hydrogen-bond donors (Lipinski definition) is 2. The van der Waals surface area contributed by atoms with E-state index in [1.165, 1.54) is 25.0 Å². The zero-order valence-electron chi connectivity index (χ0n) is 10.7. The molecule has 0 saturated heterocycles. The maximum Gasteiger partial charge on any atom is 0.323 e. The van der Waals surface area contributed by atoms with Gasteiger partial charge in [-0.15, -0.1) is 0 Å². The molecule has 0 aliphatic heterocycles. The first-order valence-corrected chi connectivity index (χ1v) is 7.22. The van der Waals surface area contributed by atoms with Crippen LogP contribution in [0.5, 0.6) is 0 Å². The molecular weight excluding hydrogens is 222 g/mol. The molecule has 16 heavy (non-hydrogen) atoms. The Balaban J connectivity index is 3.53. The highest BCUT2D eigenvalue weighted by atomic mass is 32.2. The topological polar surface area (TPSA) is 49.3 Å². The number of carboxylic acid groups (broad SMARTS) is 1. The van der Waals surface area contributed by atoms with Gasteiger partial charge in [-0.3, -0.25) is 4.79 Å². The van der Waals surface area contributed by atoms with Crippen molar-refractivity contribution in [3.05, 3.63) is 0 Å². The first-order valence-electron chi connectivity index (χ1n) is 6.07. The number of hydrogen-bond acceptors (Lipinski definition) is 3. The van der Waals surface area contributed by atoms with Gasteiger partial charge in [0.2, 0.25) is 0 Å². The fourth-order valence-corrected chi connectivity index (χ4v) is 2.38. The van der Waals surface area contributed by atoms with E-state index in [0.717, 1.165) is 12.2 Å². The zero-order valence-corrected chi connectivity index (χ0v) is 11.5. The first-order chi connectivity index (χ1) is 7.56. The van der Waals surface area contributed by atoms with Gasteiger partial charge in [0, 0.05) is 0 Å². The maximum atomic E-state index is 11.0. The molecule has 0 spiro atoms. The molecule has 0 aliphatic rings. The van der Waals surface area contributed by atoms with Crippen LogP contribution in [-0.2, 0) is 4.79 Å². The Morgan fingerprint density at radius 2 is 1.94 bits per heavy atom. The van der Waals surface area contributed by atoms with E-state index in [0.29, 0.717) is 6.42 Å². The predicted octanol–water partition coefficient (Wildman–Crippen LogP) is 2.75. The van der Waals surface area contributed by atoms with Crippen molar-refractivity contribution in [3.63, 3.8) is 0 Å². The third kappa shape index (κ3) is 6.38. The van der Waals surface area contributed by atoms with Gasteiger partial charge in [-0.2, -0.15) is 11.8 Å². The average molecular weight is 247 g/mol. The van der Waals surface area contributed by atoms with Crippen molar-refractivity contribution in [2.45, 2.75) is 51.5 Å². The van der Waals surface area contributed by atoms with Crippen LogP contribution in [0.1, 0.15) is 46.0 Å². The van der Waals surface area contributed by atoms with Crippen molar-refractivity contribution in [3.8, 4) is 0 Å². The Bertz CT molecular complexity index is 199. The quantitative estimate of drug-likeness (QED) is 0.583. The summed E-state index contributed by atoms with van der Waals surface area (Å²) in [4.78, 5) is 11.0. The summed E-state index contributed by atoms with van der Waals surface area (Å²) in [7, 11) is 1.71. The second-order valence-corrected chi connectivity index (χ2v) is 5.54. The molecule has 0 rings (SSSR count). The van der Waals surface area contributed by atoms with E-state index in [2.05, 4.69) is 12.2 Å². The summed E-state index contributed by atoms with van der Waals surface area (Å²) in [5.41, 5.74) is -0.760. The van der Waals surface area contributed by atoms with E-state index >= 15 is 0 Å². The number of unbranched alkanes of at least 4 members (excludes halogenated alkanes) is 2. The van der Waals surface area contributed by atoms with Crippen LogP contribution in [0.25, 0.3) is 0 Å². The van der Waals surface area contributed by atoms with Gasteiger partial charge in [0.05, 0.1) is 0 Å². The first kappa shape index (κ1) is 15.8. The van der Waals surface area contributed by atoms with E-state index in [9.17, 15) is 4.79 Å². The highest BCUT2D eigenvalue weighted by Crippen LogP contribution is 2.15. The van der Waals surface area contributed by atoms with Crippen molar-refractivity contribution < 1.29 is 9.90 Å². The summed E-state index contributed by atoms with van der Waals surface area (Å²) in [6.45, 7) is 3.95. The molecule has 0 saturated carbocycles. The van der Waals surface area contributed by atoms with Gasteiger partial charge < -0.3 is 10.4 Å². The van der Waals surface area contributed by atoms with Crippen LogP contribution in [0, 0.1) is 0 Å². The molecule has 2 N–H and O–H groups in total. The molecule has 0 aromatic rings. The highest BCUT2D eigenvalue weighted by molar-refractivity contribution is 7.99. The van der Waals surface area contributed by atoms with Crippen molar-refractivity contribution in [2.24, 2.45) is 0 Å². The molecule has 0 heterocycles. The van der Waals surface area contributed by atoms with E-state index in [1.54, 1.807) is 14.0 Å². The van der Waals surface area contributed by atoms with Crippen molar-refractivity contribution in [2.75, 3.05) is 18.6 Å². The standard InChI is InChI=1S/C12H25NO2S/c1-4-5-6-9-16-10-7-8-12(2,13-3)11(14)15/h13H,4-10H2,1-3H3,(H,14,15). The van der Waals surface area contributed by atoms with Gasteiger partial charge in [0.1, 0.15) is 5.54 Å². The Labute approximate surface area is 103 Å². The molecule has 1 atom stereocenters. The lowest BCUT2D eigenvalue weighted by atomic mass is 9.97. The summed E-state index contributed by atoms with van der Waals surface area (Å²) >= 11 is 1.94. The van der Waals surface area contributed by atoms with Crippen LogP contribution < -0.4 is 5.32 Å². The smallest absolute Gasteiger partial charge is 0.323 e. The lowest BCUT2D eigenvalue weighted by Gasteiger charge is -2.23. The molecular formula is C12H25NO2S. The minimum absolute atomic E-state index is 0.694. The Hall–Kier alpha value is -0.220. The number of thioether (sulfide) groups is 1. The molecule has 0 bridgehead atoms. The van der Waals surface area contributed by atoms with Crippen LogP contribution >= 0.6 is 11.8 Å². The summed E-state index contributed by atoms with van der Waals surface area (Å²) in [5.74, 6) is 1.51. The molecule has 96 valence electrons. The van der Waals surface area contributed by atoms with Gasteiger partial charge in [0.15, 0.2) is 0 Å². The van der Waals surface area contributed by atoms with Gasteiger partial charge in [-0.05, 0) is 44.7 Å². The van der Waals surface area contributed by atoms with Crippen molar-refractivity contribution in [1.82, 2.24) is 5.32 Å². The van der Waals surface area contributed by atoms with Crippen LogP contribution in [0.15, 0.2) is 0 Å². The Kier molecular flexibility index (Phi) is 8.76. The summed E-state index contributed by atoms with van der Waals surface area (Å²) < 4.78 is 0.